The molecule has 0 amide bonds. The van der Waals surface area contributed by atoms with E-state index in [1.54, 1.807) is 13.0 Å². The molecule has 0 aliphatic heterocycles. The lowest BCUT2D eigenvalue weighted by atomic mass is 10.3. The van der Waals surface area contributed by atoms with Crippen LogP contribution in [-0.2, 0) is 9.53 Å². The first kappa shape index (κ1) is 13.1. The van der Waals surface area contributed by atoms with E-state index in [1.807, 2.05) is 0 Å². The van der Waals surface area contributed by atoms with Crippen LogP contribution in [0.4, 0.5) is 0 Å². The van der Waals surface area contributed by atoms with E-state index in [0.717, 1.165) is 0 Å². The third-order valence-electron chi connectivity index (χ3n) is 1.55. The Morgan fingerprint density at radius 1 is 1.50 bits per heavy atom. The monoisotopic (exact) mass is 203 g/mol. The molecule has 0 saturated carbocycles. The van der Waals surface area contributed by atoms with Gasteiger partial charge in [-0.2, -0.15) is 0 Å². The van der Waals surface area contributed by atoms with E-state index >= 15 is 0 Å². The zero-order valence-electron chi connectivity index (χ0n) is 8.32. The Morgan fingerprint density at radius 3 is 2.79 bits per heavy atom. The van der Waals surface area contributed by atoms with Crippen molar-refractivity contribution in [2.75, 3.05) is 32.9 Å². The van der Waals surface area contributed by atoms with Gasteiger partial charge in [-0.3, -0.25) is 0 Å². The van der Waals surface area contributed by atoms with E-state index < -0.39 is 5.97 Å². The quantitative estimate of drug-likeness (QED) is 0.370. The summed E-state index contributed by atoms with van der Waals surface area (Å²) < 4.78 is 4.99. The van der Waals surface area contributed by atoms with E-state index in [1.165, 1.54) is 0 Å². The minimum atomic E-state index is -0.900. The van der Waals surface area contributed by atoms with Crippen LogP contribution in [0.1, 0.15) is 6.92 Å². The van der Waals surface area contributed by atoms with Crippen molar-refractivity contribution in [1.29, 1.82) is 0 Å². The number of rotatable bonds is 8. The van der Waals surface area contributed by atoms with Crippen molar-refractivity contribution in [1.82, 2.24) is 5.32 Å². The molecule has 0 aliphatic rings. The molecule has 0 unspecified atom stereocenters. The number of carboxylic acid groups (broad SMARTS) is 1. The maximum atomic E-state index is 10.4. The Morgan fingerprint density at radius 2 is 2.21 bits per heavy atom. The van der Waals surface area contributed by atoms with Gasteiger partial charge in [0.2, 0.25) is 0 Å². The lowest BCUT2D eigenvalue weighted by Crippen LogP contribution is -2.21. The Kier molecular flexibility index (Phi) is 8.11. The number of aliphatic hydroxyl groups excluding tert-OH is 1. The Labute approximate surface area is 83.4 Å². The number of hydrogen-bond acceptors (Lipinski definition) is 4. The van der Waals surface area contributed by atoms with Crippen LogP contribution in [0.2, 0.25) is 0 Å². The van der Waals surface area contributed by atoms with Crippen LogP contribution in [0.25, 0.3) is 0 Å². The van der Waals surface area contributed by atoms with Gasteiger partial charge in [0.25, 0.3) is 0 Å². The molecule has 0 spiro atoms. The molecule has 5 nitrogen and oxygen atoms in total. The van der Waals surface area contributed by atoms with Crippen molar-refractivity contribution in [3.8, 4) is 0 Å². The highest BCUT2D eigenvalue weighted by molar-refractivity contribution is 5.85. The molecule has 0 fully saturated rings. The van der Waals surface area contributed by atoms with Gasteiger partial charge in [-0.05, 0) is 6.92 Å². The fraction of sp³-hybridized carbons (Fsp3) is 0.667. The molecule has 0 saturated heterocycles. The summed E-state index contributed by atoms with van der Waals surface area (Å²) in [6.45, 7) is 3.58. The van der Waals surface area contributed by atoms with Gasteiger partial charge in [-0.15, -0.1) is 0 Å². The molecule has 0 bridgehead atoms. The third kappa shape index (κ3) is 7.72. The van der Waals surface area contributed by atoms with Crippen LogP contribution < -0.4 is 5.32 Å². The van der Waals surface area contributed by atoms with Gasteiger partial charge in [0.1, 0.15) is 0 Å². The summed E-state index contributed by atoms with van der Waals surface area (Å²) in [6, 6.07) is 0. The van der Waals surface area contributed by atoms with Crippen molar-refractivity contribution in [3.63, 3.8) is 0 Å². The highest BCUT2D eigenvalue weighted by atomic mass is 16.5. The van der Waals surface area contributed by atoms with Crippen molar-refractivity contribution >= 4 is 5.97 Å². The van der Waals surface area contributed by atoms with Gasteiger partial charge in [0.15, 0.2) is 0 Å². The molecule has 0 heterocycles. The van der Waals surface area contributed by atoms with Crippen LogP contribution >= 0.6 is 0 Å². The number of hydrogen-bond donors (Lipinski definition) is 3. The van der Waals surface area contributed by atoms with Gasteiger partial charge in [-0.1, -0.05) is 6.08 Å². The molecule has 0 rings (SSSR count). The van der Waals surface area contributed by atoms with Gasteiger partial charge in [-0.25, -0.2) is 4.79 Å². The third-order valence-corrected chi connectivity index (χ3v) is 1.55. The molecule has 0 aromatic carbocycles. The minimum Gasteiger partial charge on any atom is -0.478 e. The fourth-order valence-corrected chi connectivity index (χ4v) is 0.726. The van der Waals surface area contributed by atoms with E-state index in [2.05, 4.69) is 5.32 Å². The molecule has 5 heteroatoms. The second kappa shape index (κ2) is 8.68. The number of ether oxygens (including phenoxy) is 1. The standard InChI is InChI=1S/C9H17NO4/c1-8(9(12)13)2-3-10-4-6-14-7-5-11/h2,10-11H,3-7H2,1H3,(H,12,13). The SMILES string of the molecule is CC(=CCNCCOCCO)C(=O)O. The topological polar surface area (TPSA) is 78.8 Å². The van der Waals surface area contributed by atoms with E-state index in [9.17, 15) is 4.79 Å². The molecule has 0 aliphatic carbocycles. The molecular formula is C9H17NO4. The van der Waals surface area contributed by atoms with Crippen LogP contribution in [0, 0.1) is 0 Å². The normalized spacial score (nSPS) is 11.7. The summed E-state index contributed by atoms with van der Waals surface area (Å²) in [6.07, 6.45) is 1.61. The first-order valence-electron chi connectivity index (χ1n) is 4.48. The van der Waals surface area contributed by atoms with Crippen LogP contribution in [0.3, 0.4) is 0 Å². The summed E-state index contributed by atoms with van der Waals surface area (Å²) in [5.41, 5.74) is 0.328. The number of nitrogens with one attached hydrogen (secondary N) is 1. The summed E-state index contributed by atoms with van der Waals surface area (Å²) in [4.78, 5) is 10.4. The van der Waals surface area contributed by atoms with Crippen LogP contribution in [0.15, 0.2) is 11.6 Å². The summed E-state index contributed by atoms with van der Waals surface area (Å²) in [5.74, 6) is -0.900. The van der Waals surface area contributed by atoms with Crippen molar-refractivity contribution in [2.24, 2.45) is 0 Å². The Bertz CT molecular complexity index is 191. The smallest absolute Gasteiger partial charge is 0.330 e. The van der Waals surface area contributed by atoms with E-state index in [4.69, 9.17) is 14.9 Å². The molecule has 14 heavy (non-hydrogen) atoms. The molecule has 0 aromatic rings. The van der Waals surface area contributed by atoms with E-state index in [0.29, 0.717) is 31.9 Å². The number of carbonyl (C=O) groups is 1. The number of aliphatic carboxylic acids is 1. The lowest BCUT2D eigenvalue weighted by molar-refractivity contribution is -0.132. The molecule has 0 aromatic heterocycles. The molecular weight excluding hydrogens is 186 g/mol. The van der Waals surface area contributed by atoms with Gasteiger partial charge < -0.3 is 20.3 Å². The summed E-state index contributed by atoms with van der Waals surface area (Å²) in [5, 5.41) is 19.9. The highest BCUT2D eigenvalue weighted by Crippen LogP contribution is 1.89. The first-order chi connectivity index (χ1) is 6.68. The molecule has 0 atom stereocenters. The van der Waals surface area contributed by atoms with E-state index in [-0.39, 0.29) is 6.61 Å². The molecule has 0 radical (unpaired) electrons. The fourth-order valence-electron chi connectivity index (χ4n) is 0.726. The minimum absolute atomic E-state index is 0.0258. The second-order valence-electron chi connectivity index (χ2n) is 2.73. The zero-order chi connectivity index (χ0) is 10.8. The Balaban J connectivity index is 3.29. The largest absolute Gasteiger partial charge is 0.478 e. The van der Waals surface area contributed by atoms with Gasteiger partial charge in [0.05, 0.1) is 19.8 Å². The Hall–Kier alpha value is -0.910. The predicted octanol–water partition coefficient (Wildman–Crippen LogP) is -0.384. The first-order valence-corrected chi connectivity index (χ1v) is 4.48. The van der Waals surface area contributed by atoms with Gasteiger partial charge in [0, 0.05) is 18.7 Å². The van der Waals surface area contributed by atoms with Crippen molar-refractivity contribution < 1.29 is 19.7 Å². The average molecular weight is 203 g/mol. The van der Waals surface area contributed by atoms with Crippen molar-refractivity contribution in [2.45, 2.75) is 6.92 Å². The maximum Gasteiger partial charge on any atom is 0.330 e. The lowest BCUT2D eigenvalue weighted by Gasteiger charge is -2.02. The highest BCUT2D eigenvalue weighted by Gasteiger charge is 1.97. The number of aliphatic hydroxyl groups is 1. The molecule has 3 N–H and O–H groups in total. The predicted molar refractivity (Wildman–Crippen MR) is 52.2 cm³/mol. The summed E-state index contributed by atoms with van der Waals surface area (Å²) in [7, 11) is 0. The second-order valence-corrected chi connectivity index (χ2v) is 2.73. The summed E-state index contributed by atoms with van der Waals surface area (Å²) >= 11 is 0. The average Bonchev–Trinajstić information content (AvgIpc) is 2.16. The van der Waals surface area contributed by atoms with Gasteiger partial charge >= 0.3 is 5.97 Å². The van der Waals surface area contributed by atoms with Crippen LogP contribution in [-0.4, -0.2) is 49.1 Å². The van der Waals surface area contributed by atoms with Crippen LogP contribution in [0.5, 0.6) is 0 Å². The number of carboxylic acids is 1. The maximum absolute atomic E-state index is 10.4. The zero-order valence-corrected chi connectivity index (χ0v) is 8.32. The van der Waals surface area contributed by atoms with Crippen molar-refractivity contribution in [3.05, 3.63) is 11.6 Å². The molecule has 82 valence electrons.